The molecular weight excluding hydrogens is 274 g/mol. The number of nitrogens with zero attached hydrogens (tertiary/aromatic N) is 1. The fraction of sp³-hybridized carbons (Fsp3) is 0.632. The summed E-state index contributed by atoms with van der Waals surface area (Å²) in [6.07, 6.45) is 7.45. The average molecular weight is 301 g/mol. The summed E-state index contributed by atoms with van der Waals surface area (Å²) < 4.78 is 5.42. The van der Waals surface area contributed by atoms with E-state index in [-0.39, 0.29) is 5.92 Å². The number of rotatable bonds is 5. The van der Waals surface area contributed by atoms with Gasteiger partial charge in [-0.15, -0.1) is 0 Å². The zero-order valence-corrected chi connectivity index (χ0v) is 13.4. The lowest BCUT2D eigenvalue weighted by atomic mass is 9.88. The molecule has 1 aromatic carbocycles. The van der Waals surface area contributed by atoms with Crippen molar-refractivity contribution in [2.45, 2.75) is 45.1 Å². The summed E-state index contributed by atoms with van der Waals surface area (Å²) >= 11 is 0. The van der Waals surface area contributed by atoms with Gasteiger partial charge in [0.2, 0.25) is 5.91 Å². The van der Waals surface area contributed by atoms with Crippen molar-refractivity contribution in [2.75, 3.05) is 19.8 Å². The SMILES string of the molecule is O=C([C@@H]1CCOC1)N(Cc1ccccc1)CC1CCCCC1. The predicted octanol–water partition coefficient (Wildman–Crippen LogP) is 3.63. The number of benzene rings is 1. The number of carbonyl (C=O) groups is 1. The van der Waals surface area contributed by atoms with E-state index in [2.05, 4.69) is 29.2 Å². The highest BCUT2D eigenvalue weighted by atomic mass is 16.5. The van der Waals surface area contributed by atoms with Crippen LogP contribution >= 0.6 is 0 Å². The third kappa shape index (κ3) is 4.10. The summed E-state index contributed by atoms with van der Waals surface area (Å²) in [7, 11) is 0. The Morgan fingerprint density at radius 1 is 1.09 bits per heavy atom. The van der Waals surface area contributed by atoms with E-state index >= 15 is 0 Å². The van der Waals surface area contributed by atoms with Gasteiger partial charge in [0.15, 0.2) is 0 Å². The molecule has 2 fully saturated rings. The molecule has 1 atom stereocenters. The highest BCUT2D eigenvalue weighted by Crippen LogP contribution is 2.26. The lowest BCUT2D eigenvalue weighted by Gasteiger charge is -2.31. The van der Waals surface area contributed by atoms with Gasteiger partial charge in [0.05, 0.1) is 12.5 Å². The molecule has 1 aromatic rings. The van der Waals surface area contributed by atoms with Gasteiger partial charge in [0, 0.05) is 19.7 Å². The van der Waals surface area contributed by atoms with Crippen LogP contribution in [0.4, 0.5) is 0 Å². The Balaban J connectivity index is 1.67. The molecule has 22 heavy (non-hydrogen) atoms. The quantitative estimate of drug-likeness (QED) is 0.831. The Morgan fingerprint density at radius 2 is 1.86 bits per heavy atom. The summed E-state index contributed by atoms with van der Waals surface area (Å²) in [6, 6.07) is 10.4. The van der Waals surface area contributed by atoms with Crippen LogP contribution < -0.4 is 0 Å². The monoisotopic (exact) mass is 301 g/mol. The molecule has 3 heteroatoms. The van der Waals surface area contributed by atoms with Crippen LogP contribution in [0.15, 0.2) is 30.3 Å². The Kier molecular flexibility index (Phi) is 5.49. The first kappa shape index (κ1) is 15.5. The second-order valence-electron chi connectivity index (χ2n) is 6.77. The maximum atomic E-state index is 12.9. The molecular formula is C19H27NO2. The van der Waals surface area contributed by atoms with Gasteiger partial charge in [-0.25, -0.2) is 0 Å². The maximum absolute atomic E-state index is 12.9. The minimum absolute atomic E-state index is 0.0762. The third-order valence-electron chi connectivity index (χ3n) is 5.01. The van der Waals surface area contributed by atoms with E-state index in [1.807, 2.05) is 6.07 Å². The molecule has 1 saturated carbocycles. The number of amides is 1. The van der Waals surface area contributed by atoms with Gasteiger partial charge < -0.3 is 9.64 Å². The van der Waals surface area contributed by atoms with E-state index < -0.39 is 0 Å². The molecule has 0 bridgehead atoms. The van der Waals surface area contributed by atoms with E-state index in [1.54, 1.807) is 0 Å². The van der Waals surface area contributed by atoms with Crippen LogP contribution in [0.3, 0.4) is 0 Å². The average Bonchev–Trinajstić information content (AvgIpc) is 3.10. The van der Waals surface area contributed by atoms with Crippen molar-refractivity contribution in [3.05, 3.63) is 35.9 Å². The minimum Gasteiger partial charge on any atom is -0.381 e. The van der Waals surface area contributed by atoms with E-state index in [4.69, 9.17) is 4.74 Å². The fourth-order valence-corrected chi connectivity index (χ4v) is 3.71. The van der Waals surface area contributed by atoms with Crippen LogP contribution in [-0.4, -0.2) is 30.6 Å². The highest BCUT2D eigenvalue weighted by molar-refractivity contribution is 5.79. The van der Waals surface area contributed by atoms with Crippen molar-refractivity contribution in [3.63, 3.8) is 0 Å². The van der Waals surface area contributed by atoms with E-state index in [0.717, 1.165) is 26.1 Å². The van der Waals surface area contributed by atoms with Crippen molar-refractivity contribution in [2.24, 2.45) is 11.8 Å². The Morgan fingerprint density at radius 3 is 2.55 bits per heavy atom. The molecule has 0 aromatic heterocycles. The van der Waals surface area contributed by atoms with Gasteiger partial charge in [-0.2, -0.15) is 0 Å². The van der Waals surface area contributed by atoms with E-state index in [1.165, 1.54) is 37.7 Å². The first-order valence-electron chi connectivity index (χ1n) is 8.73. The van der Waals surface area contributed by atoms with Gasteiger partial charge in [-0.1, -0.05) is 49.6 Å². The molecule has 1 saturated heterocycles. The second-order valence-corrected chi connectivity index (χ2v) is 6.77. The Hall–Kier alpha value is -1.35. The zero-order chi connectivity index (χ0) is 15.2. The molecule has 1 amide bonds. The molecule has 3 nitrogen and oxygen atoms in total. The third-order valence-corrected chi connectivity index (χ3v) is 5.01. The minimum atomic E-state index is 0.0762. The van der Waals surface area contributed by atoms with Gasteiger partial charge in [-0.3, -0.25) is 4.79 Å². The molecule has 120 valence electrons. The first-order valence-corrected chi connectivity index (χ1v) is 8.73. The van der Waals surface area contributed by atoms with Crippen LogP contribution in [0.25, 0.3) is 0 Å². The molecule has 1 heterocycles. The highest BCUT2D eigenvalue weighted by Gasteiger charge is 2.29. The predicted molar refractivity (Wildman–Crippen MR) is 87.4 cm³/mol. The topological polar surface area (TPSA) is 29.5 Å². The van der Waals surface area contributed by atoms with Crippen molar-refractivity contribution < 1.29 is 9.53 Å². The standard InChI is InChI=1S/C19H27NO2/c21-19(18-11-12-22-15-18)20(13-16-7-3-1-4-8-16)14-17-9-5-2-6-10-17/h1,3-4,7-8,17-18H,2,5-6,9-15H2/t18-/m1/s1. The smallest absolute Gasteiger partial charge is 0.228 e. The van der Waals surface area contributed by atoms with Crippen molar-refractivity contribution in [1.82, 2.24) is 4.90 Å². The van der Waals surface area contributed by atoms with Crippen molar-refractivity contribution in [1.29, 1.82) is 0 Å². The summed E-state index contributed by atoms with van der Waals surface area (Å²) in [4.78, 5) is 15.0. The Bertz CT molecular complexity index is 462. The number of ether oxygens (including phenoxy) is 1. The van der Waals surface area contributed by atoms with Crippen LogP contribution in [0, 0.1) is 11.8 Å². The largest absolute Gasteiger partial charge is 0.381 e. The molecule has 3 rings (SSSR count). The van der Waals surface area contributed by atoms with Crippen LogP contribution in [-0.2, 0) is 16.1 Å². The second kappa shape index (κ2) is 7.77. The molecule has 1 aliphatic heterocycles. The molecule has 1 aliphatic carbocycles. The van der Waals surface area contributed by atoms with Crippen LogP contribution in [0.5, 0.6) is 0 Å². The van der Waals surface area contributed by atoms with Gasteiger partial charge in [0.25, 0.3) is 0 Å². The Labute approximate surface area is 133 Å². The van der Waals surface area contributed by atoms with Crippen molar-refractivity contribution >= 4 is 5.91 Å². The lowest BCUT2D eigenvalue weighted by Crippen LogP contribution is -2.39. The summed E-state index contributed by atoms with van der Waals surface area (Å²) in [5.74, 6) is 1.06. The maximum Gasteiger partial charge on any atom is 0.228 e. The van der Waals surface area contributed by atoms with Gasteiger partial charge in [0.1, 0.15) is 0 Å². The summed E-state index contributed by atoms with van der Waals surface area (Å²) in [6.45, 7) is 3.00. The van der Waals surface area contributed by atoms with Crippen molar-refractivity contribution in [3.8, 4) is 0 Å². The van der Waals surface area contributed by atoms with Crippen LogP contribution in [0.1, 0.15) is 44.1 Å². The molecule has 2 aliphatic rings. The van der Waals surface area contributed by atoms with Gasteiger partial charge in [-0.05, 0) is 30.7 Å². The van der Waals surface area contributed by atoms with E-state index in [9.17, 15) is 4.79 Å². The van der Waals surface area contributed by atoms with Crippen LogP contribution in [0.2, 0.25) is 0 Å². The molecule has 0 radical (unpaired) electrons. The summed E-state index contributed by atoms with van der Waals surface area (Å²) in [5.41, 5.74) is 1.23. The molecule has 0 unspecified atom stereocenters. The van der Waals surface area contributed by atoms with E-state index in [0.29, 0.717) is 18.4 Å². The first-order chi connectivity index (χ1) is 10.8. The molecule has 0 spiro atoms. The zero-order valence-electron chi connectivity index (χ0n) is 13.4. The molecule has 0 N–H and O–H groups in total. The number of hydrogen-bond donors (Lipinski definition) is 0. The fourth-order valence-electron chi connectivity index (χ4n) is 3.71. The normalized spacial score (nSPS) is 22.6. The summed E-state index contributed by atoms with van der Waals surface area (Å²) in [5, 5.41) is 0. The lowest BCUT2D eigenvalue weighted by molar-refractivity contribution is -0.137. The number of hydrogen-bond acceptors (Lipinski definition) is 2. The van der Waals surface area contributed by atoms with Gasteiger partial charge >= 0.3 is 0 Å². The number of carbonyl (C=O) groups excluding carboxylic acids is 1.